The van der Waals surface area contributed by atoms with Crippen molar-refractivity contribution in [3.63, 3.8) is 0 Å². The van der Waals surface area contributed by atoms with Gasteiger partial charge in [-0.15, -0.1) is 0 Å². The molecule has 1 amide bonds. The van der Waals surface area contributed by atoms with Gasteiger partial charge in [0.05, 0.1) is 5.92 Å². The molecule has 2 N–H and O–H groups in total. The van der Waals surface area contributed by atoms with Crippen LogP contribution in [-0.4, -0.2) is 23.0 Å². The highest BCUT2D eigenvalue weighted by molar-refractivity contribution is 9.10. The highest BCUT2D eigenvalue weighted by atomic mass is 79.9. The molecule has 0 heterocycles. The van der Waals surface area contributed by atoms with Crippen LogP contribution in [0.1, 0.15) is 38.2 Å². The van der Waals surface area contributed by atoms with Gasteiger partial charge in [0.2, 0.25) is 5.91 Å². The van der Waals surface area contributed by atoms with Crippen LogP contribution in [0.3, 0.4) is 0 Å². The van der Waals surface area contributed by atoms with E-state index in [2.05, 4.69) is 21.2 Å². The van der Waals surface area contributed by atoms with Crippen LogP contribution < -0.4 is 5.32 Å². The Hall–Kier alpha value is -1.36. The number of carboxylic acids is 1. The van der Waals surface area contributed by atoms with Crippen LogP contribution in [0.4, 0.5) is 0 Å². The standard InChI is InChI=1S/C17H22BrNO3/c1-11(8-12-4-2-7-15(18)9-12)19-16(20)13-5-3-6-14(10-13)17(21)22/h2,4,7,9,11,13-14H,3,5-6,8,10H2,1H3,(H,19,20)(H,21,22). The highest BCUT2D eigenvalue weighted by Crippen LogP contribution is 2.29. The molecule has 0 radical (unpaired) electrons. The van der Waals surface area contributed by atoms with Gasteiger partial charge in [-0.2, -0.15) is 0 Å². The molecule has 1 aliphatic rings. The summed E-state index contributed by atoms with van der Waals surface area (Å²) < 4.78 is 1.03. The molecular formula is C17H22BrNO3. The summed E-state index contributed by atoms with van der Waals surface area (Å²) in [6.45, 7) is 1.98. The molecule has 0 saturated heterocycles. The molecular weight excluding hydrogens is 346 g/mol. The second-order valence-electron chi connectivity index (χ2n) is 6.14. The van der Waals surface area contributed by atoms with E-state index in [9.17, 15) is 9.59 Å². The summed E-state index contributed by atoms with van der Waals surface area (Å²) in [4.78, 5) is 23.4. The lowest BCUT2D eigenvalue weighted by Crippen LogP contribution is -2.40. The van der Waals surface area contributed by atoms with Gasteiger partial charge in [-0.1, -0.05) is 34.5 Å². The molecule has 4 nitrogen and oxygen atoms in total. The monoisotopic (exact) mass is 367 g/mol. The summed E-state index contributed by atoms with van der Waals surface area (Å²) in [5.41, 5.74) is 1.16. The Balaban J connectivity index is 1.86. The molecule has 3 unspecified atom stereocenters. The van der Waals surface area contributed by atoms with Crippen LogP contribution in [0.15, 0.2) is 28.7 Å². The first kappa shape index (κ1) is 17.0. The lowest BCUT2D eigenvalue weighted by molar-refractivity contribution is -0.144. The summed E-state index contributed by atoms with van der Waals surface area (Å²) in [6, 6.07) is 8.07. The van der Waals surface area contributed by atoms with Crippen molar-refractivity contribution in [2.75, 3.05) is 0 Å². The van der Waals surface area contributed by atoms with Gasteiger partial charge in [-0.25, -0.2) is 0 Å². The van der Waals surface area contributed by atoms with E-state index in [1.807, 2.05) is 31.2 Å². The van der Waals surface area contributed by atoms with Crippen LogP contribution in [-0.2, 0) is 16.0 Å². The number of nitrogens with one attached hydrogen (secondary N) is 1. The fourth-order valence-corrected chi connectivity index (χ4v) is 3.53. The molecule has 0 bridgehead atoms. The maximum absolute atomic E-state index is 12.3. The van der Waals surface area contributed by atoms with E-state index in [0.29, 0.717) is 12.8 Å². The van der Waals surface area contributed by atoms with Gasteiger partial charge in [-0.3, -0.25) is 9.59 Å². The van der Waals surface area contributed by atoms with Crippen LogP contribution in [0.2, 0.25) is 0 Å². The van der Waals surface area contributed by atoms with Crippen molar-refractivity contribution in [1.29, 1.82) is 0 Å². The number of hydrogen-bond acceptors (Lipinski definition) is 2. The van der Waals surface area contributed by atoms with Gasteiger partial charge in [0.1, 0.15) is 0 Å². The van der Waals surface area contributed by atoms with E-state index < -0.39 is 5.97 Å². The zero-order chi connectivity index (χ0) is 16.1. The molecule has 5 heteroatoms. The van der Waals surface area contributed by atoms with Crippen molar-refractivity contribution in [2.24, 2.45) is 11.8 Å². The quantitative estimate of drug-likeness (QED) is 0.837. The number of halogens is 1. The third-order valence-electron chi connectivity index (χ3n) is 4.21. The van der Waals surface area contributed by atoms with Crippen molar-refractivity contribution >= 4 is 27.8 Å². The molecule has 22 heavy (non-hydrogen) atoms. The van der Waals surface area contributed by atoms with Gasteiger partial charge in [-0.05, 0) is 50.3 Å². The van der Waals surface area contributed by atoms with Crippen molar-refractivity contribution in [3.05, 3.63) is 34.3 Å². The first-order chi connectivity index (χ1) is 10.5. The SMILES string of the molecule is CC(Cc1cccc(Br)c1)NC(=O)C1CCCC(C(=O)O)C1. The number of aliphatic carboxylic acids is 1. The van der Waals surface area contributed by atoms with Gasteiger partial charge in [0, 0.05) is 16.4 Å². The lowest BCUT2D eigenvalue weighted by Gasteiger charge is -2.27. The Bertz CT molecular complexity index is 546. The zero-order valence-electron chi connectivity index (χ0n) is 12.7. The van der Waals surface area contributed by atoms with Gasteiger partial charge < -0.3 is 10.4 Å². The molecule has 120 valence electrons. The van der Waals surface area contributed by atoms with E-state index in [4.69, 9.17) is 5.11 Å². The number of rotatable bonds is 5. The van der Waals surface area contributed by atoms with E-state index in [0.717, 1.165) is 29.3 Å². The number of carboxylic acid groups (broad SMARTS) is 1. The fraction of sp³-hybridized carbons (Fsp3) is 0.529. The van der Waals surface area contributed by atoms with Crippen molar-refractivity contribution in [3.8, 4) is 0 Å². The molecule has 2 rings (SSSR count). The van der Waals surface area contributed by atoms with Gasteiger partial charge >= 0.3 is 5.97 Å². The van der Waals surface area contributed by atoms with Crippen LogP contribution in [0, 0.1) is 11.8 Å². The molecule has 1 aromatic carbocycles. The minimum Gasteiger partial charge on any atom is -0.481 e. The van der Waals surface area contributed by atoms with Crippen molar-refractivity contribution < 1.29 is 14.7 Å². The molecule has 0 spiro atoms. The Kier molecular flexibility index (Phi) is 6.00. The molecule has 0 aromatic heterocycles. The maximum Gasteiger partial charge on any atom is 0.306 e. The summed E-state index contributed by atoms with van der Waals surface area (Å²) in [5, 5.41) is 12.1. The van der Waals surface area contributed by atoms with Crippen molar-refractivity contribution in [1.82, 2.24) is 5.32 Å². The van der Waals surface area contributed by atoms with E-state index in [1.165, 1.54) is 0 Å². The zero-order valence-corrected chi connectivity index (χ0v) is 14.3. The molecule has 3 atom stereocenters. The van der Waals surface area contributed by atoms with Crippen LogP contribution in [0.25, 0.3) is 0 Å². The average Bonchev–Trinajstić information content (AvgIpc) is 2.47. The van der Waals surface area contributed by atoms with Gasteiger partial charge in [0.25, 0.3) is 0 Å². The second kappa shape index (κ2) is 7.77. The Labute approximate surface area is 139 Å². The maximum atomic E-state index is 12.3. The predicted octanol–water partition coefficient (Wildman–Crippen LogP) is 3.39. The summed E-state index contributed by atoms with van der Waals surface area (Å²) in [6.07, 6.45) is 3.52. The minimum atomic E-state index is -0.778. The third-order valence-corrected chi connectivity index (χ3v) is 4.71. The highest BCUT2D eigenvalue weighted by Gasteiger charge is 2.31. The Morgan fingerprint density at radius 2 is 2.09 bits per heavy atom. The van der Waals surface area contributed by atoms with Crippen LogP contribution in [0.5, 0.6) is 0 Å². The van der Waals surface area contributed by atoms with Crippen molar-refractivity contribution in [2.45, 2.75) is 45.1 Å². The van der Waals surface area contributed by atoms with Crippen LogP contribution >= 0.6 is 15.9 Å². The average molecular weight is 368 g/mol. The summed E-state index contributed by atoms with van der Waals surface area (Å²) >= 11 is 3.44. The number of hydrogen-bond donors (Lipinski definition) is 2. The molecule has 1 fully saturated rings. The summed E-state index contributed by atoms with van der Waals surface area (Å²) in [7, 11) is 0. The Morgan fingerprint density at radius 3 is 2.77 bits per heavy atom. The predicted molar refractivity (Wildman–Crippen MR) is 88.5 cm³/mol. The normalized spacial score (nSPS) is 22.8. The van der Waals surface area contributed by atoms with E-state index in [1.54, 1.807) is 0 Å². The molecule has 1 aliphatic carbocycles. The number of benzene rings is 1. The number of carbonyl (C=O) groups is 2. The minimum absolute atomic E-state index is 0.00607. The smallest absolute Gasteiger partial charge is 0.306 e. The second-order valence-corrected chi connectivity index (χ2v) is 7.06. The van der Waals surface area contributed by atoms with Gasteiger partial charge in [0.15, 0.2) is 0 Å². The molecule has 0 aliphatic heterocycles. The first-order valence-electron chi connectivity index (χ1n) is 7.73. The number of carbonyl (C=O) groups excluding carboxylic acids is 1. The Morgan fingerprint density at radius 1 is 1.36 bits per heavy atom. The summed E-state index contributed by atoms with van der Waals surface area (Å²) in [5.74, 6) is -1.32. The first-order valence-corrected chi connectivity index (χ1v) is 8.52. The molecule has 1 saturated carbocycles. The van der Waals surface area contributed by atoms with E-state index in [-0.39, 0.29) is 23.8 Å². The fourth-order valence-electron chi connectivity index (χ4n) is 3.08. The molecule has 1 aromatic rings. The third kappa shape index (κ3) is 4.83. The topological polar surface area (TPSA) is 66.4 Å². The largest absolute Gasteiger partial charge is 0.481 e. The lowest BCUT2D eigenvalue weighted by atomic mass is 9.81. The number of amides is 1. The van der Waals surface area contributed by atoms with E-state index >= 15 is 0 Å².